The van der Waals surface area contributed by atoms with Crippen LogP contribution in [-0.2, 0) is 24.0 Å². The molecule has 5 amide bonds. The van der Waals surface area contributed by atoms with Crippen LogP contribution in [-0.4, -0.2) is 110 Å². The minimum atomic E-state index is -0.557. The first-order valence-electron chi connectivity index (χ1n) is 19.2. The van der Waals surface area contributed by atoms with E-state index in [4.69, 9.17) is 24.4 Å². The summed E-state index contributed by atoms with van der Waals surface area (Å²) in [6, 6.07) is 7.71. The quantitative estimate of drug-likeness (QED) is 0.0249. The molecule has 0 aliphatic carbocycles. The van der Waals surface area contributed by atoms with Crippen LogP contribution in [0.2, 0.25) is 0 Å². The topological polar surface area (TPSA) is 216 Å². The summed E-state index contributed by atoms with van der Waals surface area (Å²) in [7, 11) is 0. The van der Waals surface area contributed by atoms with Gasteiger partial charge in [-0.05, 0) is 101 Å². The minimum Gasteiger partial charge on any atom is -0.362 e. The van der Waals surface area contributed by atoms with Gasteiger partial charge in [0.1, 0.15) is 0 Å². The highest BCUT2D eigenvalue weighted by Crippen LogP contribution is 2.16. The van der Waals surface area contributed by atoms with Crippen LogP contribution in [0.25, 0.3) is 0 Å². The van der Waals surface area contributed by atoms with Gasteiger partial charge in [-0.3, -0.25) is 39.6 Å². The Morgan fingerprint density at radius 1 is 0.600 bits per heavy atom. The fourth-order valence-corrected chi connectivity index (χ4v) is 5.40. The number of benzene rings is 1. The van der Waals surface area contributed by atoms with E-state index in [-0.39, 0.29) is 57.1 Å². The molecule has 0 aliphatic heterocycles. The highest BCUT2D eigenvalue weighted by Gasteiger charge is 2.15. The lowest BCUT2D eigenvalue weighted by molar-refractivity contribution is -0.166. The van der Waals surface area contributed by atoms with Crippen LogP contribution in [0.15, 0.2) is 24.3 Å². The van der Waals surface area contributed by atoms with E-state index in [0.717, 1.165) is 35.6 Å². The summed E-state index contributed by atoms with van der Waals surface area (Å²) in [5.74, 6) is -1.80. The molecule has 0 saturated carbocycles. The zero-order valence-corrected chi connectivity index (χ0v) is 34.2. The van der Waals surface area contributed by atoms with Gasteiger partial charge in [0.2, 0.25) is 29.5 Å². The molecule has 0 saturated heterocycles. The maximum absolute atomic E-state index is 12.2. The molecule has 0 spiro atoms. The number of anilines is 2. The average Bonchev–Trinajstić information content (AvgIpc) is 3.16. The van der Waals surface area contributed by atoms with Crippen LogP contribution in [0.4, 0.5) is 11.4 Å². The van der Waals surface area contributed by atoms with Crippen LogP contribution >= 0.6 is 24.4 Å². The number of rotatable bonds is 28. The number of hydrogen-bond acceptors (Lipinski definition) is 10. The third-order valence-electron chi connectivity index (χ3n) is 8.61. The molecule has 0 bridgehead atoms. The van der Waals surface area contributed by atoms with Gasteiger partial charge in [0.25, 0.3) is 0 Å². The smallest absolute Gasteiger partial charge is 0.246 e. The number of unbranched alkanes of at least 4 members (excludes halogenated alkanes) is 6. The van der Waals surface area contributed by atoms with Gasteiger partial charge in [0, 0.05) is 89.2 Å². The first kappa shape index (κ1) is 49.0. The molecule has 0 radical (unpaired) electrons. The van der Waals surface area contributed by atoms with Crippen molar-refractivity contribution in [2.45, 2.75) is 111 Å². The van der Waals surface area contributed by atoms with Crippen molar-refractivity contribution in [2.24, 2.45) is 5.92 Å². The molecule has 310 valence electrons. The SMILES string of the molecule is CCC(C)C(=S)Nc1ccc(NC(=S)NCCCCCN(O)C(=O)CCC(=O)NCCCCCN(O)C(=O)CCC(=O)NCCCCCN(O)C(C)=O)cc1. The van der Waals surface area contributed by atoms with Crippen molar-refractivity contribution in [2.75, 3.05) is 49.9 Å². The fraction of sp³-hybridized carbons (Fsp3) is 0.649. The van der Waals surface area contributed by atoms with Crippen molar-refractivity contribution in [1.29, 1.82) is 0 Å². The summed E-state index contributed by atoms with van der Waals surface area (Å²) in [6.45, 7) is 7.36. The van der Waals surface area contributed by atoms with Crippen molar-refractivity contribution in [3.63, 3.8) is 0 Å². The van der Waals surface area contributed by atoms with Gasteiger partial charge in [-0.2, -0.15) is 0 Å². The number of hydroxylamine groups is 6. The van der Waals surface area contributed by atoms with E-state index in [9.17, 15) is 39.6 Å². The van der Waals surface area contributed by atoms with Crippen LogP contribution in [0.1, 0.15) is 111 Å². The third-order valence-corrected chi connectivity index (χ3v) is 9.36. The monoisotopic (exact) mass is 810 g/mol. The van der Waals surface area contributed by atoms with Crippen LogP contribution < -0.4 is 26.6 Å². The summed E-state index contributed by atoms with van der Waals surface area (Å²) in [5, 5.41) is 46.7. The van der Waals surface area contributed by atoms with Crippen molar-refractivity contribution >= 4 is 75.4 Å². The Morgan fingerprint density at radius 2 is 1.00 bits per heavy atom. The van der Waals surface area contributed by atoms with E-state index in [2.05, 4.69) is 40.4 Å². The minimum absolute atomic E-state index is 0.0505. The van der Waals surface area contributed by atoms with Crippen molar-refractivity contribution in [1.82, 2.24) is 31.1 Å². The van der Waals surface area contributed by atoms with E-state index < -0.39 is 17.7 Å². The predicted molar refractivity (Wildman–Crippen MR) is 219 cm³/mol. The Labute approximate surface area is 336 Å². The van der Waals surface area contributed by atoms with Gasteiger partial charge in [0.15, 0.2) is 5.11 Å². The van der Waals surface area contributed by atoms with E-state index in [1.165, 1.54) is 6.92 Å². The van der Waals surface area contributed by atoms with Gasteiger partial charge < -0.3 is 26.6 Å². The molecule has 0 aliphatic rings. The Hall–Kier alpha value is -3.97. The highest BCUT2D eigenvalue weighted by molar-refractivity contribution is 7.80. The van der Waals surface area contributed by atoms with E-state index in [0.29, 0.717) is 90.8 Å². The normalized spacial score (nSPS) is 11.2. The standard InChI is InChI=1S/C37H62N8O8S2/c1-4-28(2)36(54)41-30-14-16-31(17-15-30)42-37(55)40-24-10-7-13-27-45(53)35(50)21-19-33(48)39-23-9-6-12-26-44(52)34(49)20-18-32(47)38-22-8-5-11-25-43(51)29(3)46/h14-17,28,51-53H,4-13,18-27H2,1-3H3,(H,38,47)(H,39,48)(H,41,54)(H2,40,42,55). The summed E-state index contributed by atoms with van der Waals surface area (Å²) in [4.78, 5) is 60.2. The van der Waals surface area contributed by atoms with Crippen LogP contribution in [0.3, 0.4) is 0 Å². The molecule has 55 heavy (non-hydrogen) atoms. The van der Waals surface area contributed by atoms with Crippen LogP contribution in [0, 0.1) is 5.92 Å². The first-order chi connectivity index (χ1) is 26.2. The van der Waals surface area contributed by atoms with Crippen molar-refractivity contribution < 1.29 is 39.6 Å². The lowest BCUT2D eigenvalue weighted by Crippen LogP contribution is -2.31. The number of amides is 5. The number of hydrogen-bond donors (Lipinski definition) is 8. The van der Waals surface area contributed by atoms with Crippen molar-refractivity contribution in [3.8, 4) is 0 Å². The molecule has 8 N–H and O–H groups in total. The van der Waals surface area contributed by atoms with Gasteiger partial charge in [0.05, 0.1) is 4.99 Å². The number of carbonyl (C=O) groups excluding carboxylic acids is 5. The van der Waals surface area contributed by atoms with Crippen LogP contribution in [0.5, 0.6) is 0 Å². The number of carbonyl (C=O) groups is 5. The molecule has 1 unspecified atom stereocenters. The zero-order valence-electron chi connectivity index (χ0n) is 32.6. The Bertz CT molecular complexity index is 1350. The molecule has 16 nitrogen and oxygen atoms in total. The molecule has 0 fully saturated rings. The van der Waals surface area contributed by atoms with Crippen molar-refractivity contribution in [3.05, 3.63) is 24.3 Å². The highest BCUT2D eigenvalue weighted by atomic mass is 32.1. The summed E-state index contributed by atoms with van der Waals surface area (Å²) in [5.41, 5.74) is 1.77. The maximum Gasteiger partial charge on any atom is 0.246 e. The number of thiocarbonyl (C=S) groups is 2. The largest absolute Gasteiger partial charge is 0.362 e. The molecular formula is C37H62N8O8S2. The van der Waals surface area contributed by atoms with Gasteiger partial charge in [-0.15, -0.1) is 0 Å². The predicted octanol–water partition coefficient (Wildman–Crippen LogP) is 4.74. The molecule has 0 aromatic heterocycles. The first-order valence-corrected chi connectivity index (χ1v) is 20.0. The Kier molecular flexibility index (Phi) is 26.2. The second-order valence-electron chi connectivity index (χ2n) is 13.3. The third kappa shape index (κ3) is 24.2. The number of nitrogens with one attached hydrogen (secondary N) is 5. The van der Waals surface area contributed by atoms with E-state index in [1.54, 1.807) is 0 Å². The zero-order chi connectivity index (χ0) is 41.0. The van der Waals surface area contributed by atoms with Gasteiger partial charge in [-0.25, -0.2) is 15.2 Å². The summed E-state index contributed by atoms with van der Waals surface area (Å²) < 4.78 is 0. The fourth-order valence-electron chi connectivity index (χ4n) is 4.89. The van der Waals surface area contributed by atoms with Gasteiger partial charge >= 0.3 is 0 Å². The second kappa shape index (κ2) is 29.3. The molecule has 1 aromatic carbocycles. The molecule has 1 rings (SSSR count). The lowest BCUT2D eigenvalue weighted by Gasteiger charge is -2.15. The molecule has 18 heteroatoms. The number of nitrogens with zero attached hydrogens (tertiary/aromatic N) is 3. The van der Waals surface area contributed by atoms with E-state index >= 15 is 0 Å². The molecular weight excluding hydrogens is 749 g/mol. The Morgan fingerprint density at radius 3 is 1.42 bits per heavy atom. The molecule has 0 heterocycles. The van der Waals surface area contributed by atoms with E-state index in [1.807, 2.05) is 24.3 Å². The Balaban J connectivity index is 2.04. The average molecular weight is 811 g/mol. The van der Waals surface area contributed by atoms with Gasteiger partial charge in [-0.1, -0.05) is 26.1 Å². The summed E-state index contributed by atoms with van der Waals surface area (Å²) in [6.07, 6.45) is 6.48. The lowest BCUT2D eigenvalue weighted by atomic mass is 10.1. The summed E-state index contributed by atoms with van der Waals surface area (Å²) >= 11 is 10.8. The molecule has 1 aromatic rings. The second-order valence-corrected chi connectivity index (χ2v) is 14.2. The maximum atomic E-state index is 12.2. The molecule has 1 atom stereocenters.